The van der Waals surface area contributed by atoms with Crippen molar-refractivity contribution in [3.8, 4) is 0 Å². The Hall–Kier alpha value is -3.65. The van der Waals surface area contributed by atoms with Crippen LogP contribution < -0.4 is 9.62 Å². The van der Waals surface area contributed by atoms with Crippen LogP contribution in [0, 0.1) is 20.8 Å². The van der Waals surface area contributed by atoms with Crippen LogP contribution in [-0.2, 0) is 26.2 Å². The number of sulfonamides is 1. The highest BCUT2D eigenvalue weighted by atomic mass is 32.2. The van der Waals surface area contributed by atoms with Crippen LogP contribution in [0.1, 0.15) is 42.5 Å². The summed E-state index contributed by atoms with van der Waals surface area (Å²) in [5.74, 6) is -0.748. The lowest BCUT2D eigenvalue weighted by Crippen LogP contribution is -2.51. The number of carbonyl (C=O) groups excluding carboxylic acids is 2. The van der Waals surface area contributed by atoms with E-state index in [2.05, 4.69) is 5.32 Å². The molecule has 0 aromatic heterocycles. The molecule has 7 nitrogen and oxygen atoms in total. The zero-order valence-electron chi connectivity index (χ0n) is 22.8. The molecule has 1 N–H and O–H groups in total. The summed E-state index contributed by atoms with van der Waals surface area (Å²) in [5, 5.41) is 2.86. The van der Waals surface area contributed by atoms with Gasteiger partial charge in [-0.3, -0.25) is 13.9 Å². The molecular formula is C30H37N3O4S. The maximum atomic E-state index is 13.9. The van der Waals surface area contributed by atoms with E-state index in [1.807, 2.05) is 58.0 Å². The molecule has 0 saturated carbocycles. The molecule has 8 heteroatoms. The molecule has 3 rings (SSSR count). The molecule has 38 heavy (non-hydrogen) atoms. The Labute approximate surface area is 226 Å². The molecule has 202 valence electrons. The summed E-state index contributed by atoms with van der Waals surface area (Å²) in [4.78, 5) is 28.4. The summed E-state index contributed by atoms with van der Waals surface area (Å²) in [6, 6.07) is 20.4. The van der Waals surface area contributed by atoms with Crippen molar-refractivity contribution in [3.05, 3.63) is 95.1 Å². The van der Waals surface area contributed by atoms with Gasteiger partial charge in [-0.1, -0.05) is 61.0 Å². The van der Waals surface area contributed by atoms with Crippen LogP contribution in [0.15, 0.2) is 77.7 Å². The maximum absolute atomic E-state index is 13.9. The number of nitrogens with zero attached hydrogens (tertiary/aromatic N) is 2. The van der Waals surface area contributed by atoms with Crippen molar-refractivity contribution in [2.24, 2.45) is 0 Å². The third kappa shape index (κ3) is 7.01. The zero-order chi connectivity index (χ0) is 27.9. The molecule has 0 aliphatic carbocycles. The first-order valence-electron chi connectivity index (χ1n) is 12.8. The number of hydrogen-bond donors (Lipinski definition) is 1. The number of rotatable bonds is 11. The Morgan fingerprint density at radius 2 is 1.58 bits per heavy atom. The molecule has 0 fully saturated rings. The fourth-order valence-electron chi connectivity index (χ4n) is 4.10. The van der Waals surface area contributed by atoms with E-state index in [4.69, 9.17) is 0 Å². The van der Waals surface area contributed by atoms with Crippen LogP contribution in [0.3, 0.4) is 0 Å². The second-order valence-electron chi connectivity index (χ2n) is 9.58. The molecule has 3 aromatic rings. The number of anilines is 1. The largest absolute Gasteiger partial charge is 0.354 e. The van der Waals surface area contributed by atoms with Crippen LogP contribution in [0.4, 0.5) is 5.69 Å². The fourth-order valence-corrected chi connectivity index (χ4v) is 5.50. The van der Waals surface area contributed by atoms with Crippen molar-refractivity contribution in [1.82, 2.24) is 10.2 Å². The van der Waals surface area contributed by atoms with E-state index in [0.29, 0.717) is 12.2 Å². The van der Waals surface area contributed by atoms with Crippen molar-refractivity contribution in [3.63, 3.8) is 0 Å². The van der Waals surface area contributed by atoms with Gasteiger partial charge in [-0.15, -0.1) is 0 Å². The number of aryl methyl sites for hydroxylation is 3. The Bertz CT molecular complexity index is 1370. The standard InChI is InChI=1S/C30H37N3O4S/c1-6-18-31-30(35)25(5)32(20-26-12-8-7-11-24(26)4)29(34)21-33(27-13-9-10-23(3)19-27)38(36,37)28-16-14-22(2)15-17-28/h7-17,19,25H,6,18,20-21H2,1-5H3,(H,31,35)/t25-/m0/s1. The van der Waals surface area contributed by atoms with E-state index in [-0.39, 0.29) is 17.3 Å². The molecule has 0 unspecified atom stereocenters. The van der Waals surface area contributed by atoms with Crippen LogP contribution >= 0.6 is 0 Å². The minimum atomic E-state index is -4.07. The number of carbonyl (C=O) groups is 2. The molecule has 3 aromatic carbocycles. The van der Waals surface area contributed by atoms with E-state index in [0.717, 1.165) is 33.0 Å². The van der Waals surface area contributed by atoms with Crippen molar-refractivity contribution in [1.29, 1.82) is 0 Å². The summed E-state index contributed by atoms with van der Waals surface area (Å²) in [6.07, 6.45) is 0.764. The number of nitrogens with one attached hydrogen (secondary N) is 1. The van der Waals surface area contributed by atoms with Gasteiger partial charge in [0.1, 0.15) is 12.6 Å². The molecule has 0 heterocycles. The summed E-state index contributed by atoms with van der Waals surface area (Å²) >= 11 is 0. The molecule has 0 aliphatic heterocycles. The van der Waals surface area contributed by atoms with Gasteiger partial charge in [0.15, 0.2) is 0 Å². The van der Waals surface area contributed by atoms with Crippen LogP contribution in [0.5, 0.6) is 0 Å². The summed E-state index contributed by atoms with van der Waals surface area (Å²) in [6.45, 7) is 9.55. The number of amides is 2. The molecule has 0 bridgehead atoms. The highest BCUT2D eigenvalue weighted by Gasteiger charge is 2.32. The van der Waals surface area contributed by atoms with E-state index < -0.39 is 28.5 Å². The van der Waals surface area contributed by atoms with E-state index in [9.17, 15) is 18.0 Å². The quantitative estimate of drug-likeness (QED) is 0.384. The van der Waals surface area contributed by atoms with Crippen LogP contribution in [0.25, 0.3) is 0 Å². The van der Waals surface area contributed by atoms with Gasteiger partial charge < -0.3 is 10.2 Å². The highest BCUT2D eigenvalue weighted by molar-refractivity contribution is 7.92. The summed E-state index contributed by atoms with van der Waals surface area (Å²) in [5.41, 5.74) is 4.05. The number of hydrogen-bond acceptors (Lipinski definition) is 4. The first kappa shape index (κ1) is 28.9. The molecule has 0 radical (unpaired) electrons. The third-order valence-corrected chi connectivity index (χ3v) is 8.28. The van der Waals surface area contributed by atoms with Gasteiger partial charge in [0.2, 0.25) is 11.8 Å². The van der Waals surface area contributed by atoms with Gasteiger partial charge in [-0.2, -0.15) is 0 Å². The van der Waals surface area contributed by atoms with Crippen molar-refractivity contribution in [2.75, 3.05) is 17.4 Å². The lowest BCUT2D eigenvalue weighted by Gasteiger charge is -2.32. The van der Waals surface area contributed by atoms with Gasteiger partial charge in [-0.05, 0) is 75.1 Å². The van der Waals surface area contributed by atoms with Crippen molar-refractivity contribution >= 4 is 27.5 Å². The van der Waals surface area contributed by atoms with Crippen molar-refractivity contribution < 1.29 is 18.0 Å². The average Bonchev–Trinajstić information content (AvgIpc) is 2.89. The first-order valence-corrected chi connectivity index (χ1v) is 14.3. The lowest BCUT2D eigenvalue weighted by molar-refractivity contribution is -0.139. The van der Waals surface area contributed by atoms with Gasteiger partial charge in [0.05, 0.1) is 10.6 Å². The van der Waals surface area contributed by atoms with Crippen LogP contribution in [0.2, 0.25) is 0 Å². The minimum Gasteiger partial charge on any atom is -0.354 e. The predicted octanol–water partition coefficient (Wildman–Crippen LogP) is 4.75. The summed E-state index contributed by atoms with van der Waals surface area (Å²) in [7, 11) is -4.07. The highest BCUT2D eigenvalue weighted by Crippen LogP contribution is 2.26. The Kier molecular flexibility index (Phi) is 9.69. The lowest BCUT2D eigenvalue weighted by atomic mass is 10.1. The monoisotopic (exact) mass is 535 g/mol. The van der Waals surface area contributed by atoms with Gasteiger partial charge >= 0.3 is 0 Å². The second kappa shape index (κ2) is 12.7. The zero-order valence-corrected chi connectivity index (χ0v) is 23.6. The smallest absolute Gasteiger partial charge is 0.264 e. The van der Waals surface area contributed by atoms with E-state index in [1.54, 1.807) is 49.4 Å². The van der Waals surface area contributed by atoms with Crippen molar-refractivity contribution in [2.45, 2.75) is 58.5 Å². The minimum absolute atomic E-state index is 0.0941. The van der Waals surface area contributed by atoms with Crippen LogP contribution in [-0.4, -0.2) is 44.3 Å². The summed E-state index contributed by atoms with van der Waals surface area (Å²) < 4.78 is 28.8. The molecule has 1 atom stereocenters. The van der Waals surface area contributed by atoms with E-state index >= 15 is 0 Å². The van der Waals surface area contributed by atoms with Gasteiger partial charge in [0.25, 0.3) is 10.0 Å². The topological polar surface area (TPSA) is 86.8 Å². The SMILES string of the molecule is CCCNC(=O)[C@H](C)N(Cc1ccccc1C)C(=O)CN(c1cccc(C)c1)S(=O)(=O)c1ccc(C)cc1. The molecular weight excluding hydrogens is 498 g/mol. The molecule has 0 spiro atoms. The second-order valence-corrected chi connectivity index (χ2v) is 11.4. The Morgan fingerprint density at radius 3 is 2.21 bits per heavy atom. The average molecular weight is 536 g/mol. The van der Waals surface area contributed by atoms with E-state index in [1.165, 1.54) is 4.90 Å². The first-order chi connectivity index (χ1) is 18.0. The Balaban J connectivity index is 2.03. The molecule has 0 saturated heterocycles. The van der Waals surface area contributed by atoms with Gasteiger partial charge in [-0.25, -0.2) is 8.42 Å². The number of benzene rings is 3. The van der Waals surface area contributed by atoms with Gasteiger partial charge in [0, 0.05) is 13.1 Å². The normalized spacial score (nSPS) is 12.0. The molecule has 0 aliphatic rings. The third-order valence-electron chi connectivity index (χ3n) is 6.50. The molecule has 2 amide bonds. The predicted molar refractivity (Wildman–Crippen MR) is 151 cm³/mol. The fraction of sp³-hybridized carbons (Fsp3) is 0.333. The maximum Gasteiger partial charge on any atom is 0.264 e. The Morgan fingerprint density at radius 1 is 0.895 bits per heavy atom.